The quantitative estimate of drug-likeness (QED) is 0.868. The van der Waals surface area contributed by atoms with Gasteiger partial charge in [0.15, 0.2) is 0 Å². The third kappa shape index (κ3) is 3.36. The first-order valence-corrected chi connectivity index (χ1v) is 6.93. The average molecular weight is 335 g/mol. The van der Waals surface area contributed by atoms with Gasteiger partial charge in [0, 0.05) is 16.4 Å². The second-order valence-corrected chi connectivity index (χ2v) is 5.15. The highest BCUT2D eigenvalue weighted by Gasteiger charge is 2.06. The molecule has 2 rings (SSSR count). The second-order valence-electron chi connectivity index (χ2n) is 4.30. The van der Waals surface area contributed by atoms with E-state index in [0.29, 0.717) is 12.1 Å². The molecule has 20 heavy (non-hydrogen) atoms. The standard InChI is InChI=1S/C15H15BrN2O2/c1-10-13(16)4-3-5-14(10)18-9-12-7-6-11(8-17-12)15(19)20-2/h3-8,18H,9H2,1-2H3. The van der Waals surface area contributed by atoms with Gasteiger partial charge < -0.3 is 10.1 Å². The molecule has 5 heteroatoms. The highest BCUT2D eigenvalue weighted by molar-refractivity contribution is 9.10. The Morgan fingerprint density at radius 1 is 1.35 bits per heavy atom. The lowest BCUT2D eigenvalue weighted by Gasteiger charge is -2.10. The summed E-state index contributed by atoms with van der Waals surface area (Å²) in [6, 6.07) is 9.52. The maximum absolute atomic E-state index is 11.3. The number of pyridine rings is 1. The van der Waals surface area contributed by atoms with E-state index in [-0.39, 0.29) is 5.97 Å². The highest BCUT2D eigenvalue weighted by Crippen LogP contribution is 2.23. The molecule has 0 saturated heterocycles. The minimum absolute atomic E-state index is 0.375. The fraction of sp³-hybridized carbons (Fsp3) is 0.200. The van der Waals surface area contributed by atoms with Crippen LogP contribution >= 0.6 is 15.9 Å². The van der Waals surface area contributed by atoms with Gasteiger partial charge in [-0.05, 0) is 36.8 Å². The van der Waals surface area contributed by atoms with Crippen LogP contribution in [0, 0.1) is 6.92 Å². The van der Waals surface area contributed by atoms with Gasteiger partial charge >= 0.3 is 5.97 Å². The lowest BCUT2D eigenvalue weighted by molar-refractivity contribution is 0.0600. The van der Waals surface area contributed by atoms with E-state index in [9.17, 15) is 4.79 Å². The van der Waals surface area contributed by atoms with Crippen LogP contribution in [0.4, 0.5) is 5.69 Å². The number of anilines is 1. The SMILES string of the molecule is COC(=O)c1ccc(CNc2cccc(Br)c2C)nc1. The van der Waals surface area contributed by atoms with Crippen LogP contribution in [-0.2, 0) is 11.3 Å². The van der Waals surface area contributed by atoms with Gasteiger partial charge in [0.05, 0.1) is 24.9 Å². The summed E-state index contributed by atoms with van der Waals surface area (Å²) in [5.74, 6) is -0.375. The molecular formula is C15H15BrN2O2. The van der Waals surface area contributed by atoms with Crippen molar-refractivity contribution in [3.8, 4) is 0 Å². The van der Waals surface area contributed by atoms with Crippen molar-refractivity contribution in [1.29, 1.82) is 0 Å². The molecule has 0 aliphatic heterocycles. The van der Waals surface area contributed by atoms with Gasteiger partial charge in [-0.2, -0.15) is 0 Å². The Morgan fingerprint density at radius 2 is 2.15 bits per heavy atom. The number of benzene rings is 1. The van der Waals surface area contributed by atoms with E-state index in [1.54, 1.807) is 6.07 Å². The number of methoxy groups -OCH3 is 1. The minimum atomic E-state index is -0.375. The summed E-state index contributed by atoms with van der Waals surface area (Å²) in [5.41, 5.74) is 3.52. The van der Waals surface area contributed by atoms with Crippen LogP contribution in [0.15, 0.2) is 41.0 Å². The van der Waals surface area contributed by atoms with Crippen LogP contribution in [0.1, 0.15) is 21.6 Å². The van der Waals surface area contributed by atoms with Crippen molar-refractivity contribution in [3.63, 3.8) is 0 Å². The summed E-state index contributed by atoms with van der Waals surface area (Å²) in [4.78, 5) is 15.5. The van der Waals surface area contributed by atoms with Gasteiger partial charge in [-0.15, -0.1) is 0 Å². The number of carbonyl (C=O) groups is 1. The van der Waals surface area contributed by atoms with Gasteiger partial charge in [-0.1, -0.05) is 22.0 Å². The number of halogens is 1. The average Bonchev–Trinajstić information content (AvgIpc) is 2.48. The van der Waals surface area contributed by atoms with Gasteiger partial charge in [-0.3, -0.25) is 4.98 Å². The third-order valence-electron chi connectivity index (χ3n) is 2.97. The van der Waals surface area contributed by atoms with Crippen LogP contribution < -0.4 is 5.32 Å². The molecule has 0 radical (unpaired) electrons. The molecule has 104 valence electrons. The van der Waals surface area contributed by atoms with E-state index in [4.69, 9.17) is 0 Å². The zero-order valence-electron chi connectivity index (χ0n) is 11.3. The monoisotopic (exact) mass is 334 g/mol. The summed E-state index contributed by atoms with van der Waals surface area (Å²) in [5, 5.41) is 3.32. The molecule has 0 atom stereocenters. The Hall–Kier alpha value is -1.88. The first kappa shape index (κ1) is 14.5. The molecular weight excluding hydrogens is 320 g/mol. The van der Waals surface area contributed by atoms with E-state index in [1.807, 2.05) is 31.2 Å². The van der Waals surface area contributed by atoms with E-state index in [0.717, 1.165) is 21.4 Å². The summed E-state index contributed by atoms with van der Waals surface area (Å²) in [7, 11) is 1.36. The molecule has 0 spiro atoms. The molecule has 1 N–H and O–H groups in total. The Balaban J connectivity index is 2.04. The molecule has 0 aliphatic rings. The molecule has 1 aromatic carbocycles. The summed E-state index contributed by atoms with van der Waals surface area (Å²) < 4.78 is 5.70. The van der Waals surface area contributed by atoms with Crippen molar-refractivity contribution in [1.82, 2.24) is 4.98 Å². The van der Waals surface area contributed by atoms with Gasteiger partial charge in [0.2, 0.25) is 0 Å². The third-order valence-corrected chi connectivity index (χ3v) is 3.83. The predicted molar refractivity (Wildman–Crippen MR) is 81.8 cm³/mol. The number of hydrogen-bond acceptors (Lipinski definition) is 4. The van der Waals surface area contributed by atoms with Gasteiger partial charge in [0.1, 0.15) is 0 Å². The number of aromatic nitrogens is 1. The fourth-order valence-corrected chi connectivity index (χ4v) is 2.12. The minimum Gasteiger partial charge on any atom is -0.465 e. The number of nitrogens with one attached hydrogen (secondary N) is 1. The molecule has 0 bridgehead atoms. The Bertz CT molecular complexity index is 612. The predicted octanol–water partition coefficient (Wildman–Crippen LogP) is 3.55. The van der Waals surface area contributed by atoms with Crippen LogP contribution in [0.2, 0.25) is 0 Å². The van der Waals surface area contributed by atoms with E-state index in [1.165, 1.54) is 13.3 Å². The lowest BCUT2D eigenvalue weighted by Crippen LogP contribution is -2.06. The van der Waals surface area contributed by atoms with Gasteiger partial charge in [0.25, 0.3) is 0 Å². The first-order valence-electron chi connectivity index (χ1n) is 6.14. The summed E-state index contributed by atoms with van der Waals surface area (Å²) in [6.45, 7) is 2.64. The van der Waals surface area contributed by atoms with Crippen molar-refractivity contribution in [3.05, 3.63) is 57.8 Å². The molecule has 0 unspecified atom stereocenters. The van der Waals surface area contributed by atoms with Crippen molar-refractivity contribution < 1.29 is 9.53 Å². The number of nitrogens with zero attached hydrogens (tertiary/aromatic N) is 1. The number of rotatable bonds is 4. The molecule has 1 heterocycles. The number of esters is 1. The molecule has 0 aliphatic carbocycles. The van der Waals surface area contributed by atoms with Crippen LogP contribution in [-0.4, -0.2) is 18.1 Å². The summed E-state index contributed by atoms with van der Waals surface area (Å²) >= 11 is 3.50. The zero-order valence-corrected chi connectivity index (χ0v) is 12.9. The van der Waals surface area contributed by atoms with Gasteiger partial charge in [-0.25, -0.2) is 4.79 Å². The summed E-state index contributed by atoms with van der Waals surface area (Å²) in [6.07, 6.45) is 1.52. The van der Waals surface area contributed by atoms with Crippen LogP contribution in [0.25, 0.3) is 0 Å². The van der Waals surface area contributed by atoms with Crippen molar-refractivity contribution >= 4 is 27.6 Å². The molecule has 4 nitrogen and oxygen atoms in total. The molecule has 0 saturated carbocycles. The fourth-order valence-electron chi connectivity index (χ4n) is 1.75. The Kier molecular flexibility index (Phi) is 4.74. The Labute approximate surface area is 126 Å². The van der Waals surface area contributed by atoms with E-state index in [2.05, 4.69) is 31.0 Å². The zero-order chi connectivity index (χ0) is 14.5. The second kappa shape index (κ2) is 6.52. The number of hydrogen-bond donors (Lipinski definition) is 1. The molecule has 2 aromatic rings. The highest BCUT2D eigenvalue weighted by atomic mass is 79.9. The van der Waals surface area contributed by atoms with E-state index < -0.39 is 0 Å². The number of carbonyl (C=O) groups excluding carboxylic acids is 1. The van der Waals surface area contributed by atoms with Crippen molar-refractivity contribution in [2.75, 3.05) is 12.4 Å². The maximum Gasteiger partial charge on any atom is 0.339 e. The largest absolute Gasteiger partial charge is 0.465 e. The smallest absolute Gasteiger partial charge is 0.339 e. The maximum atomic E-state index is 11.3. The first-order chi connectivity index (χ1) is 9.61. The van der Waals surface area contributed by atoms with E-state index >= 15 is 0 Å². The van der Waals surface area contributed by atoms with Crippen LogP contribution in [0.3, 0.4) is 0 Å². The molecule has 1 aromatic heterocycles. The topological polar surface area (TPSA) is 51.2 Å². The molecule has 0 fully saturated rings. The lowest BCUT2D eigenvalue weighted by atomic mass is 10.2. The normalized spacial score (nSPS) is 10.2. The van der Waals surface area contributed by atoms with Crippen LogP contribution in [0.5, 0.6) is 0 Å². The van der Waals surface area contributed by atoms with Crippen molar-refractivity contribution in [2.24, 2.45) is 0 Å². The Morgan fingerprint density at radius 3 is 2.80 bits per heavy atom. The number of ether oxygens (including phenoxy) is 1. The molecule has 0 amide bonds. The van der Waals surface area contributed by atoms with Crippen molar-refractivity contribution in [2.45, 2.75) is 13.5 Å².